The molecule has 0 atom stereocenters. The lowest BCUT2D eigenvalue weighted by atomic mass is 10.1. The summed E-state index contributed by atoms with van der Waals surface area (Å²) in [5.74, 6) is 1.83. The number of ether oxygens (including phenoxy) is 2. The largest absolute Gasteiger partial charge is 0.486 e. The summed E-state index contributed by atoms with van der Waals surface area (Å²) in [6.45, 7) is 0.991. The molecule has 0 amide bonds. The van der Waals surface area contributed by atoms with Gasteiger partial charge in [-0.2, -0.15) is 0 Å². The Balaban J connectivity index is 1.81. The highest BCUT2D eigenvalue weighted by atomic mass is 35.5. The van der Waals surface area contributed by atoms with Gasteiger partial charge >= 0.3 is 0 Å². The van der Waals surface area contributed by atoms with Gasteiger partial charge in [0, 0.05) is 16.7 Å². The molecule has 0 fully saturated rings. The maximum atomic E-state index is 13.4. The molecule has 0 radical (unpaired) electrons. The lowest BCUT2D eigenvalue weighted by Gasteiger charge is -2.20. The fraction of sp³-hybridized carbons (Fsp3) is 0.0909. The molecule has 0 unspecified atom stereocenters. The van der Waals surface area contributed by atoms with Gasteiger partial charge in [-0.1, -0.05) is 23.7 Å². The second-order valence-electron chi connectivity index (χ2n) is 6.43. The van der Waals surface area contributed by atoms with E-state index in [1.807, 2.05) is 48.5 Å². The van der Waals surface area contributed by atoms with Gasteiger partial charge in [0.15, 0.2) is 11.5 Å². The van der Waals surface area contributed by atoms with E-state index in [1.54, 1.807) is 22.8 Å². The third kappa shape index (κ3) is 2.80. The van der Waals surface area contributed by atoms with Crippen LogP contribution in [-0.2, 0) is 0 Å². The summed E-state index contributed by atoms with van der Waals surface area (Å²) in [6.07, 6.45) is 0. The van der Waals surface area contributed by atoms with Crippen molar-refractivity contribution in [2.45, 2.75) is 0 Å². The van der Waals surface area contributed by atoms with Gasteiger partial charge in [0.25, 0.3) is 5.56 Å². The highest BCUT2D eigenvalue weighted by Gasteiger charge is 2.18. The van der Waals surface area contributed by atoms with Crippen molar-refractivity contribution in [2.75, 3.05) is 13.2 Å². The third-order valence-electron chi connectivity index (χ3n) is 4.66. The van der Waals surface area contributed by atoms with Crippen molar-refractivity contribution in [1.82, 2.24) is 9.55 Å². The van der Waals surface area contributed by atoms with Crippen molar-refractivity contribution in [3.05, 3.63) is 82.1 Å². The minimum absolute atomic E-state index is 0.146. The second-order valence-corrected chi connectivity index (χ2v) is 6.86. The summed E-state index contributed by atoms with van der Waals surface area (Å²) in [5.41, 5.74) is 1.96. The number of hydrogen-bond acceptors (Lipinski definition) is 4. The molecule has 1 aliphatic heterocycles. The number of nitrogens with zero attached hydrogens (tertiary/aromatic N) is 2. The SMILES string of the molecule is O=c1c2ccccc2nc(-c2ccc(Cl)cc2)n1-c1ccc2c(c1)OCCO2. The monoisotopic (exact) mass is 390 g/mol. The molecule has 28 heavy (non-hydrogen) atoms. The predicted molar refractivity (Wildman–Crippen MR) is 109 cm³/mol. The van der Waals surface area contributed by atoms with Gasteiger partial charge in [-0.25, -0.2) is 4.98 Å². The van der Waals surface area contributed by atoms with Crippen LogP contribution in [-0.4, -0.2) is 22.8 Å². The van der Waals surface area contributed by atoms with E-state index >= 15 is 0 Å². The van der Waals surface area contributed by atoms with Crippen LogP contribution in [0.2, 0.25) is 5.02 Å². The number of rotatable bonds is 2. The average molecular weight is 391 g/mol. The molecular formula is C22H15ClN2O3. The van der Waals surface area contributed by atoms with Gasteiger partial charge in [-0.15, -0.1) is 0 Å². The fourth-order valence-electron chi connectivity index (χ4n) is 3.34. The number of para-hydroxylation sites is 1. The Morgan fingerprint density at radius 2 is 1.64 bits per heavy atom. The number of aromatic nitrogens is 2. The Hall–Kier alpha value is -3.31. The summed E-state index contributed by atoms with van der Waals surface area (Å²) >= 11 is 6.04. The van der Waals surface area contributed by atoms with Crippen LogP contribution < -0.4 is 15.0 Å². The Bertz CT molecular complexity index is 1250. The molecule has 4 aromatic rings. The lowest BCUT2D eigenvalue weighted by molar-refractivity contribution is 0.171. The zero-order chi connectivity index (χ0) is 19.1. The minimum atomic E-state index is -0.146. The third-order valence-corrected chi connectivity index (χ3v) is 4.91. The standard InChI is InChI=1S/C22H15ClN2O3/c23-15-7-5-14(6-8-15)21-24-18-4-2-1-3-17(18)22(26)25(21)16-9-10-19-20(13-16)28-12-11-27-19/h1-10,13H,11-12H2. The molecule has 0 bridgehead atoms. The number of halogens is 1. The second kappa shape index (κ2) is 6.69. The lowest BCUT2D eigenvalue weighted by Crippen LogP contribution is -2.22. The zero-order valence-corrected chi connectivity index (χ0v) is 15.5. The van der Waals surface area contributed by atoms with Crippen LogP contribution in [0.3, 0.4) is 0 Å². The van der Waals surface area contributed by atoms with Crippen LogP contribution in [0.4, 0.5) is 0 Å². The highest BCUT2D eigenvalue weighted by molar-refractivity contribution is 6.30. The van der Waals surface area contributed by atoms with Crippen LogP contribution in [0.25, 0.3) is 28.0 Å². The van der Waals surface area contributed by atoms with Gasteiger partial charge in [-0.3, -0.25) is 9.36 Å². The minimum Gasteiger partial charge on any atom is -0.486 e. The summed E-state index contributed by atoms with van der Waals surface area (Å²) in [6, 6.07) is 20.1. The van der Waals surface area contributed by atoms with Gasteiger partial charge in [-0.05, 0) is 48.5 Å². The number of benzene rings is 3. The molecule has 3 aromatic carbocycles. The van der Waals surface area contributed by atoms with E-state index in [4.69, 9.17) is 26.1 Å². The maximum absolute atomic E-state index is 13.4. The molecule has 0 N–H and O–H groups in total. The van der Waals surface area contributed by atoms with Crippen LogP contribution in [0.5, 0.6) is 11.5 Å². The van der Waals surface area contributed by atoms with E-state index < -0.39 is 0 Å². The molecule has 0 saturated heterocycles. The molecule has 6 heteroatoms. The zero-order valence-electron chi connectivity index (χ0n) is 14.8. The molecule has 0 aliphatic carbocycles. The van der Waals surface area contributed by atoms with Crippen LogP contribution in [0, 0.1) is 0 Å². The van der Waals surface area contributed by atoms with Gasteiger partial charge < -0.3 is 9.47 Å². The van der Waals surface area contributed by atoms with E-state index in [1.165, 1.54) is 0 Å². The van der Waals surface area contributed by atoms with Crippen LogP contribution >= 0.6 is 11.6 Å². The quantitative estimate of drug-likeness (QED) is 0.506. The van der Waals surface area contributed by atoms with Gasteiger partial charge in [0.05, 0.1) is 16.6 Å². The average Bonchev–Trinajstić information content (AvgIpc) is 2.74. The van der Waals surface area contributed by atoms with Crippen molar-refractivity contribution in [1.29, 1.82) is 0 Å². The molecule has 5 rings (SSSR count). The van der Waals surface area contributed by atoms with E-state index in [-0.39, 0.29) is 5.56 Å². The molecule has 2 heterocycles. The van der Waals surface area contributed by atoms with Crippen LogP contribution in [0.15, 0.2) is 71.5 Å². The first-order chi connectivity index (χ1) is 13.7. The van der Waals surface area contributed by atoms with Crippen molar-refractivity contribution in [3.63, 3.8) is 0 Å². The summed E-state index contributed by atoms with van der Waals surface area (Å²) < 4.78 is 12.9. The first-order valence-electron chi connectivity index (χ1n) is 8.88. The molecule has 1 aliphatic rings. The summed E-state index contributed by atoms with van der Waals surface area (Å²) in [7, 11) is 0. The first-order valence-corrected chi connectivity index (χ1v) is 9.26. The van der Waals surface area contributed by atoms with E-state index in [9.17, 15) is 4.79 Å². The Morgan fingerprint density at radius 3 is 2.46 bits per heavy atom. The van der Waals surface area contributed by atoms with Gasteiger partial charge in [0.2, 0.25) is 0 Å². The fourth-order valence-corrected chi connectivity index (χ4v) is 3.46. The highest BCUT2D eigenvalue weighted by Crippen LogP contribution is 2.33. The van der Waals surface area contributed by atoms with Gasteiger partial charge in [0.1, 0.15) is 19.0 Å². The van der Waals surface area contributed by atoms with E-state index in [2.05, 4.69) is 0 Å². The van der Waals surface area contributed by atoms with Crippen molar-refractivity contribution < 1.29 is 9.47 Å². The molecule has 5 nitrogen and oxygen atoms in total. The summed E-state index contributed by atoms with van der Waals surface area (Å²) in [4.78, 5) is 18.2. The van der Waals surface area contributed by atoms with E-state index in [0.717, 1.165) is 5.56 Å². The summed E-state index contributed by atoms with van der Waals surface area (Å²) in [5, 5.41) is 1.17. The number of hydrogen-bond donors (Lipinski definition) is 0. The smallest absolute Gasteiger partial charge is 0.266 e. The molecule has 1 aromatic heterocycles. The molecule has 0 saturated carbocycles. The van der Waals surface area contributed by atoms with Crippen molar-refractivity contribution >= 4 is 22.5 Å². The first kappa shape index (κ1) is 16.8. The topological polar surface area (TPSA) is 53.4 Å². The van der Waals surface area contributed by atoms with Crippen LogP contribution in [0.1, 0.15) is 0 Å². The Kier molecular flexibility index (Phi) is 4.02. The molecular weight excluding hydrogens is 376 g/mol. The number of fused-ring (bicyclic) bond motifs is 2. The molecule has 0 spiro atoms. The molecule has 138 valence electrons. The predicted octanol–water partition coefficient (Wildman–Crippen LogP) is 4.48. The Morgan fingerprint density at radius 1 is 0.893 bits per heavy atom. The Labute approximate surface area is 165 Å². The van der Waals surface area contributed by atoms with Crippen molar-refractivity contribution in [3.8, 4) is 28.6 Å². The van der Waals surface area contributed by atoms with E-state index in [0.29, 0.717) is 52.2 Å². The maximum Gasteiger partial charge on any atom is 0.266 e. The van der Waals surface area contributed by atoms with Crippen molar-refractivity contribution in [2.24, 2.45) is 0 Å². The normalized spacial score (nSPS) is 12.9.